The standard InChI is InChI=1S/C72H75BN4/c1-46-39-56-57-45-61(46)76-63-42-53(77-62-41-49(70(57,10)38-37-69(56,8)9)27-32-55(62)71(11)35-19-20-36-72(71,77)12)31-33-58(63)73-59-40-48(68(5,6)7)28-34-60(59)75(52-29-25-47(26-30-52)67(2,3)4)64-43-54(44-65(76)66(64)73)74(50-21-15-13-16-22-50)51-23-17-14-18-24-51/h13-18,21-34,39-45H,19-20,35-38H2,1-12H3. The summed E-state index contributed by atoms with van der Waals surface area (Å²) in [5, 5.41) is 0. The molecule has 8 aromatic carbocycles. The minimum atomic E-state index is -0.200. The number of para-hydroxylation sites is 2. The Morgan fingerprint density at radius 2 is 1.09 bits per heavy atom. The molecule has 0 saturated heterocycles. The van der Waals surface area contributed by atoms with Gasteiger partial charge in [-0.05, 0) is 190 Å². The Morgan fingerprint density at radius 1 is 0.455 bits per heavy atom. The van der Waals surface area contributed by atoms with Gasteiger partial charge in [-0.25, -0.2) is 0 Å². The molecule has 5 heteroatoms. The Kier molecular flexibility index (Phi) is 10.2. The van der Waals surface area contributed by atoms with Gasteiger partial charge in [0, 0.05) is 67.7 Å². The molecule has 4 aliphatic heterocycles. The van der Waals surface area contributed by atoms with Crippen molar-refractivity contribution in [3.8, 4) is 0 Å². The number of rotatable bonds is 4. The van der Waals surface area contributed by atoms with Crippen molar-refractivity contribution in [2.75, 3.05) is 19.6 Å². The second-order valence-corrected chi connectivity index (χ2v) is 27.4. The van der Waals surface area contributed by atoms with Crippen molar-refractivity contribution in [2.24, 2.45) is 0 Å². The van der Waals surface area contributed by atoms with Crippen molar-refractivity contribution in [3.05, 3.63) is 203 Å². The number of fused-ring (bicyclic) bond motifs is 13. The van der Waals surface area contributed by atoms with E-state index < -0.39 is 0 Å². The third-order valence-corrected chi connectivity index (χ3v) is 20.3. The molecule has 14 rings (SSSR count). The van der Waals surface area contributed by atoms with Crippen LogP contribution in [0.5, 0.6) is 0 Å². The summed E-state index contributed by atoms with van der Waals surface area (Å²) >= 11 is 0. The molecule has 1 saturated carbocycles. The lowest BCUT2D eigenvalue weighted by atomic mass is 9.33. The number of benzene rings is 8. The summed E-state index contributed by atoms with van der Waals surface area (Å²) in [6.07, 6.45) is 7.08. The fourth-order valence-corrected chi connectivity index (χ4v) is 15.5. The third-order valence-electron chi connectivity index (χ3n) is 20.3. The molecule has 4 nitrogen and oxygen atoms in total. The van der Waals surface area contributed by atoms with Crippen molar-refractivity contribution >= 4 is 85.7 Å². The van der Waals surface area contributed by atoms with Crippen LogP contribution in [0.4, 0.5) is 62.6 Å². The van der Waals surface area contributed by atoms with E-state index in [0.29, 0.717) is 0 Å². The van der Waals surface area contributed by atoms with E-state index in [1.54, 1.807) is 0 Å². The summed E-state index contributed by atoms with van der Waals surface area (Å²) < 4.78 is 0. The highest BCUT2D eigenvalue weighted by Gasteiger charge is 2.58. The van der Waals surface area contributed by atoms with Crippen molar-refractivity contribution in [1.82, 2.24) is 0 Å². The van der Waals surface area contributed by atoms with Crippen LogP contribution in [0.15, 0.2) is 164 Å². The zero-order valence-electron chi connectivity index (χ0n) is 47.7. The molecule has 0 aromatic heterocycles. The largest absolute Gasteiger partial charge is 0.334 e. The Morgan fingerprint density at radius 3 is 1.77 bits per heavy atom. The molecule has 2 aliphatic carbocycles. The lowest BCUT2D eigenvalue weighted by Crippen LogP contribution is -2.61. The maximum absolute atomic E-state index is 2.85. The van der Waals surface area contributed by atoms with Gasteiger partial charge < -0.3 is 19.6 Å². The minimum absolute atomic E-state index is 0.0125. The molecule has 0 amide bonds. The minimum Gasteiger partial charge on any atom is -0.334 e. The second kappa shape index (κ2) is 16.3. The van der Waals surface area contributed by atoms with Gasteiger partial charge in [0.05, 0.1) is 11.2 Å². The van der Waals surface area contributed by atoms with Crippen LogP contribution in [0.3, 0.4) is 0 Å². The van der Waals surface area contributed by atoms with Crippen LogP contribution in [-0.2, 0) is 27.1 Å². The highest BCUT2D eigenvalue weighted by atomic mass is 15.3. The number of hydrogen-bond donors (Lipinski definition) is 0. The molecular formula is C72H75BN4. The van der Waals surface area contributed by atoms with Gasteiger partial charge in [0.15, 0.2) is 0 Å². The van der Waals surface area contributed by atoms with Crippen LogP contribution in [-0.4, -0.2) is 12.3 Å². The molecular weight excluding hydrogens is 932 g/mol. The zero-order valence-corrected chi connectivity index (χ0v) is 47.7. The number of hydrogen-bond acceptors (Lipinski definition) is 4. The van der Waals surface area contributed by atoms with E-state index in [1.165, 1.54) is 120 Å². The molecule has 1 fully saturated rings. The molecule has 3 unspecified atom stereocenters. The second-order valence-electron chi connectivity index (χ2n) is 27.4. The summed E-state index contributed by atoms with van der Waals surface area (Å²) in [7, 11) is 0. The van der Waals surface area contributed by atoms with E-state index in [1.807, 2.05) is 0 Å². The van der Waals surface area contributed by atoms with Crippen LogP contribution >= 0.6 is 0 Å². The summed E-state index contributed by atoms with van der Waals surface area (Å²) in [5.41, 5.74) is 27.1. The van der Waals surface area contributed by atoms with Crippen LogP contribution in [0.2, 0.25) is 0 Å². The van der Waals surface area contributed by atoms with E-state index in [2.05, 4.69) is 266 Å². The van der Waals surface area contributed by atoms with Gasteiger partial charge >= 0.3 is 0 Å². The normalized spacial score (nSPS) is 22.1. The van der Waals surface area contributed by atoms with Crippen LogP contribution in [0.25, 0.3) is 0 Å². The Bertz CT molecular complexity index is 3690. The molecule has 0 radical (unpaired) electrons. The van der Waals surface area contributed by atoms with E-state index in [0.717, 1.165) is 36.3 Å². The highest BCUT2D eigenvalue weighted by molar-refractivity contribution is 7.00. The molecule has 0 N–H and O–H groups in total. The van der Waals surface area contributed by atoms with Crippen molar-refractivity contribution in [3.63, 3.8) is 0 Å². The Labute approximate surface area is 459 Å². The van der Waals surface area contributed by atoms with Gasteiger partial charge in [0.1, 0.15) is 0 Å². The fourth-order valence-electron chi connectivity index (χ4n) is 15.5. The van der Waals surface area contributed by atoms with Crippen LogP contribution in [0.1, 0.15) is 154 Å². The topological polar surface area (TPSA) is 13.0 Å². The fraction of sp³-hybridized carbons (Fsp3) is 0.333. The van der Waals surface area contributed by atoms with Gasteiger partial charge in [0.2, 0.25) is 0 Å². The van der Waals surface area contributed by atoms with Gasteiger partial charge in [-0.1, -0.05) is 167 Å². The lowest BCUT2D eigenvalue weighted by molar-refractivity contribution is 0.195. The predicted molar refractivity (Wildman–Crippen MR) is 329 cm³/mol. The first-order valence-corrected chi connectivity index (χ1v) is 28.9. The summed E-state index contributed by atoms with van der Waals surface area (Å²) in [4.78, 5) is 10.7. The van der Waals surface area contributed by atoms with Gasteiger partial charge in [-0.15, -0.1) is 0 Å². The first-order valence-electron chi connectivity index (χ1n) is 28.9. The summed E-state index contributed by atoms with van der Waals surface area (Å²) in [5.74, 6) is 0. The van der Waals surface area contributed by atoms with Crippen molar-refractivity contribution < 1.29 is 0 Å². The molecule has 386 valence electrons. The SMILES string of the molecule is Cc1cc2c3cc1N1c4cc(ccc4B4c5cc(C(C)(C)C)ccc5N(c5ccc(C(C)(C)C)cc5)c5cc(N(c6ccccc6)c6ccccc6)cc1c54)N1c4cc(ccc4C4(C)CCCCC14C)C3(C)CCC2(C)C. The smallest absolute Gasteiger partial charge is 0.252 e. The number of nitrogens with zero attached hydrogens (tertiary/aromatic N) is 4. The van der Waals surface area contributed by atoms with Gasteiger partial charge in [-0.3, -0.25) is 0 Å². The molecule has 6 aliphatic rings. The third kappa shape index (κ3) is 6.83. The highest BCUT2D eigenvalue weighted by Crippen LogP contribution is 2.63. The maximum Gasteiger partial charge on any atom is 0.252 e. The number of anilines is 11. The van der Waals surface area contributed by atoms with E-state index in [4.69, 9.17) is 0 Å². The quantitative estimate of drug-likeness (QED) is 0.163. The number of aryl methyl sites for hydroxylation is 1. The van der Waals surface area contributed by atoms with Crippen LogP contribution < -0.4 is 36.0 Å². The average Bonchev–Trinajstić information content (AvgIpc) is 3.84. The van der Waals surface area contributed by atoms with Crippen molar-refractivity contribution in [1.29, 1.82) is 0 Å². The maximum atomic E-state index is 2.85. The van der Waals surface area contributed by atoms with E-state index in [9.17, 15) is 0 Å². The molecule has 0 spiro atoms. The molecule has 77 heavy (non-hydrogen) atoms. The Balaban J connectivity index is 1.14. The van der Waals surface area contributed by atoms with E-state index in [-0.39, 0.29) is 39.3 Å². The lowest BCUT2D eigenvalue weighted by Gasteiger charge is -2.51. The Hall–Kier alpha value is -6.98. The molecule has 6 bridgehead atoms. The van der Waals surface area contributed by atoms with Crippen LogP contribution in [0, 0.1) is 6.92 Å². The van der Waals surface area contributed by atoms with Gasteiger partial charge in [-0.2, -0.15) is 0 Å². The first kappa shape index (κ1) is 48.4. The molecule has 3 atom stereocenters. The summed E-state index contributed by atoms with van der Waals surface area (Å²) in [6, 6.07) is 64.8. The average molecular weight is 1010 g/mol. The van der Waals surface area contributed by atoms with Crippen molar-refractivity contribution in [2.45, 2.75) is 154 Å². The zero-order chi connectivity index (χ0) is 53.3. The monoisotopic (exact) mass is 1010 g/mol. The predicted octanol–water partition coefficient (Wildman–Crippen LogP) is 17.6. The first-order chi connectivity index (χ1) is 36.7. The van der Waals surface area contributed by atoms with E-state index >= 15 is 0 Å². The summed E-state index contributed by atoms with van der Waals surface area (Å²) in [6.45, 7) is 29.2. The molecule has 4 heterocycles. The molecule has 8 aromatic rings. The van der Waals surface area contributed by atoms with Gasteiger partial charge in [0.25, 0.3) is 6.71 Å².